The maximum Gasteiger partial charge on any atom is 0.394 e. The minimum absolute atomic E-state index is 0.0510. The SMILES string of the molecule is Brc1ccc(OC2CCCCO2)cc1.C1=COCCC1.O=S(=O)(O)O.Oc1ccc(Br)cc1. The molecule has 8 nitrogen and oxygen atoms in total. The highest BCUT2D eigenvalue weighted by Gasteiger charge is 2.14. The third-order valence-corrected chi connectivity index (χ3v) is 4.93. The first kappa shape index (κ1) is 29.4. The van der Waals surface area contributed by atoms with Crippen LogP contribution in [0, 0.1) is 0 Å². The number of phenols is 1. The van der Waals surface area contributed by atoms with Gasteiger partial charge in [-0.25, -0.2) is 0 Å². The van der Waals surface area contributed by atoms with Crippen molar-refractivity contribution in [2.45, 2.75) is 38.4 Å². The predicted octanol–water partition coefficient (Wildman–Crippen LogP) is 6.17. The van der Waals surface area contributed by atoms with Crippen LogP contribution < -0.4 is 4.74 Å². The smallest absolute Gasteiger partial charge is 0.394 e. The Hall–Kier alpha value is -1.63. The zero-order valence-electron chi connectivity index (χ0n) is 17.8. The van der Waals surface area contributed by atoms with E-state index in [4.69, 9.17) is 36.8 Å². The largest absolute Gasteiger partial charge is 0.508 e. The third-order valence-electron chi connectivity index (χ3n) is 3.87. The van der Waals surface area contributed by atoms with Crippen LogP contribution in [0.1, 0.15) is 32.1 Å². The van der Waals surface area contributed by atoms with Crippen LogP contribution in [0.25, 0.3) is 0 Å². The van der Waals surface area contributed by atoms with Crippen LogP contribution in [0.3, 0.4) is 0 Å². The van der Waals surface area contributed by atoms with Crippen molar-refractivity contribution >= 4 is 42.3 Å². The number of benzene rings is 2. The topological polar surface area (TPSA) is 123 Å². The first-order chi connectivity index (χ1) is 15.6. The highest BCUT2D eigenvalue weighted by Crippen LogP contribution is 2.21. The van der Waals surface area contributed by atoms with E-state index in [1.165, 1.54) is 19.3 Å². The molecule has 0 spiro atoms. The van der Waals surface area contributed by atoms with Crippen LogP contribution in [0.2, 0.25) is 0 Å². The Bertz CT molecular complexity index is 860. The van der Waals surface area contributed by atoms with Gasteiger partial charge in [0.25, 0.3) is 0 Å². The van der Waals surface area contributed by atoms with E-state index in [-0.39, 0.29) is 6.29 Å². The van der Waals surface area contributed by atoms with Crippen LogP contribution in [-0.2, 0) is 19.9 Å². The van der Waals surface area contributed by atoms with Crippen molar-refractivity contribution in [1.29, 1.82) is 0 Å². The molecule has 0 bridgehead atoms. The van der Waals surface area contributed by atoms with E-state index in [0.717, 1.165) is 40.8 Å². The van der Waals surface area contributed by atoms with E-state index in [2.05, 4.69) is 31.9 Å². The maximum absolute atomic E-state index is 8.74. The van der Waals surface area contributed by atoms with Crippen molar-refractivity contribution in [2.75, 3.05) is 13.2 Å². The summed E-state index contributed by atoms with van der Waals surface area (Å²) in [6.45, 7) is 1.73. The lowest BCUT2D eigenvalue weighted by molar-refractivity contribution is -0.105. The van der Waals surface area contributed by atoms with Crippen molar-refractivity contribution in [3.63, 3.8) is 0 Å². The Balaban J connectivity index is 0.000000243. The van der Waals surface area contributed by atoms with E-state index < -0.39 is 10.4 Å². The number of rotatable bonds is 2. The molecule has 1 fully saturated rings. The molecular weight excluding hydrogens is 584 g/mol. The number of ether oxygens (including phenoxy) is 3. The minimum atomic E-state index is -4.67. The monoisotopic (exact) mass is 610 g/mol. The van der Waals surface area contributed by atoms with E-state index in [0.29, 0.717) is 5.75 Å². The van der Waals surface area contributed by atoms with Gasteiger partial charge in [0.2, 0.25) is 0 Å². The summed E-state index contributed by atoms with van der Waals surface area (Å²) >= 11 is 6.62. The standard InChI is InChI=1S/C11H13BrO2.C6H5BrO.C5H8O.H2O4S/c12-9-4-6-10(7-5-9)14-11-3-1-2-8-13-11;7-5-1-3-6(8)4-2-5;1-2-4-6-5-3-1;1-5(2,3)4/h4-7,11H,1-3,8H2;1-4,8H;2,4H,1,3,5H2;(H2,1,2,3,4). The van der Waals surface area contributed by atoms with Gasteiger partial charge >= 0.3 is 10.4 Å². The maximum atomic E-state index is 8.74. The Morgan fingerprint density at radius 1 is 0.879 bits per heavy atom. The first-order valence-electron chi connectivity index (χ1n) is 10.1. The zero-order valence-corrected chi connectivity index (χ0v) is 21.8. The summed E-state index contributed by atoms with van der Waals surface area (Å²) in [6, 6.07) is 14.7. The van der Waals surface area contributed by atoms with Crippen molar-refractivity contribution in [2.24, 2.45) is 0 Å². The fraction of sp³-hybridized carbons (Fsp3) is 0.364. The van der Waals surface area contributed by atoms with Crippen LogP contribution in [0.4, 0.5) is 0 Å². The molecule has 1 saturated heterocycles. The molecule has 2 aromatic rings. The average molecular weight is 612 g/mol. The summed E-state index contributed by atoms with van der Waals surface area (Å²) in [5.74, 6) is 1.17. The summed E-state index contributed by atoms with van der Waals surface area (Å²) in [5, 5.41) is 8.74. The van der Waals surface area contributed by atoms with Crippen molar-refractivity contribution in [3.05, 3.63) is 69.8 Å². The highest BCUT2D eigenvalue weighted by molar-refractivity contribution is 9.10. The lowest BCUT2D eigenvalue weighted by atomic mass is 10.2. The minimum Gasteiger partial charge on any atom is -0.508 e. The van der Waals surface area contributed by atoms with E-state index >= 15 is 0 Å². The van der Waals surface area contributed by atoms with Gasteiger partial charge in [-0.15, -0.1) is 0 Å². The number of aromatic hydroxyl groups is 1. The Labute approximate surface area is 211 Å². The van der Waals surface area contributed by atoms with Gasteiger partial charge in [-0.2, -0.15) is 8.42 Å². The molecule has 2 heterocycles. The molecule has 2 aliphatic rings. The summed E-state index contributed by atoms with van der Waals surface area (Å²) in [6.07, 6.45) is 9.49. The van der Waals surface area contributed by atoms with Gasteiger partial charge in [-0.1, -0.05) is 31.9 Å². The summed E-state index contributed by atoms with van der Waals surface area (Å²) in [5.41, 5.74) is 0. The van der Waals surface area contributed by atoms with Gasteiger partial charge < -0.3 is 19.3 Å². The van der Waals surface area contributed by atoms with E-state index in [9.17, 15) is 0 Å². The molecule has 33 heavy (non-hydrogen) atoms. The Morgan fingerprint density at radius 2 is 1.45 bits per heavy atom. The summed E-state index contributed by atoms with van der Waals surface area (Å²) in [4.78, 5) is 0. The Morgan fingerprint density at radius 3 is 1.82 bits per heavy atom. The van der Waals surface area contributed by atoms with Crippen molar-refractivity contribution in [1.82, 2.24) is 0 Å². The molecule has 0 aliphatic carbocycles. The van der Waals surface area contributed by atoms with Crippen LogP contribution >= 0.6 is 31.9 Å². The molecule has 0 aromatic heterocycles. The van der Waals surface area contributed by atoms with Crippen molar-refractivity contribution < 1.29 is 36.8 Å². The molecule has 0 saturated carbocycles. The fourth-order valence-electron chi connectivity index (χ4n) is 2.40. The third kappa shape index (κ3) is 18.5. The van der Waals surface area contributed by atoms with Crippen LogP contribution in [0.5, 0.6) is 11.5 Å². The molecule has 3 N–H and O–H groups in total. The highest BCUT2D eigenvalue weighted by atomic mass is 79.9. The van der Waals surface area contributed by atoms with E-state index in [1.807, 2.05) is 30.3 Å². The van der Waals surface area contributed by atoms with Gasteiger partial charge in [-0.3, -0.25) is 9.11 Å². The number of hydrogen-bond acceptors (Lipinski definition) is 6. The lowest BCUT2D eigenvalue weighted by Crippen LogP contribution is -2.24. The normalized spacial score (nSPS) is 16.9. The number of allylic oxidation sites excluding steroid dienone is 1. The van der Waals surface area contributed by atoms with Crippen LogP contribution in [-0.4, -0.2) is 42.1 Å². The predicted molar refractivity (Wildman–Crippen MR) is 133 cm³/mol. The van der Waals surface area contributed by atoms with Crippen molar-refractivity contribution in [3.8, 4) is 11.5 Å². The first-order valence-corrected chi connectivity index (χ1v) is 13.1. The fourth-order valence-corrected chi connectivity index (χ4v) is 2.93. The van der Waals surface area contributed by atoms with Gasteiger partial charge in [-0.05, 0) is 80.3 Å². The summed E-state index contributed by atoms with van der Waals surface area (Å²) < 4.78 is 49.7. The molecule has 1 unspecified atom stereocenters. The molecule has 184 valence electrons. The second kappa shape index (κ2) is 16.9. The zero-order chi connectivity index (χ0) is 24.5. The number of hydrogen-bond donors (Lipinski definition) is 3. The number of halogens is 2. The molecule has 2 aliphatic heterocycles. The average Bonchev–Trinajstić information content (AvgIpc) is 2.79. The quantitative estimate of drug-likeness (QED) is 0.345. The number of phenolic OH excluding ortho intramolecular Hbond substituents is 1. The molecule has 11 heteroatoms. The molecular formula is C22H28Br2O8S. The van der Waals surface area contributed by atoms with Crippen LogP contribution in [0.15, 0.2) is 69.8 Å². The second-order valence-electron chi connectivity index (χ2n) is 6.68. The van der Waals surface area contributed by atoms with E-state index in [1.54, 1.807) is 30.5 Å². The second-order valence-corrected chi connectivity index (χ2v) is 9.40. The molecule has 0 radical (unpaired) electrons. The van der Waals surface area contributed by atoms with Gasteiger partial charge in [0.1, 0.15) is 11.5 Å². The van der Waals surface area contributed by atoms with Gasteiger partial charge in [0, 0.05) is 15.4 Å². The van der Waals surface area contributed by atoms with Gasteiger partial charge in [0.15, 0.2) is 6.29 Å². The molecule has 1 atom stereocenters. The molecule has 2 aromatic carbocycles. The lowest BCUT2D eigenvalue weighted by Gasteiger charge is -2.23. The molecule has 0 amide bonds. The Kier molecular flexibility index (Phi) is 15.1. The molecule has 4 rings (SSSR count). The summed E-state index contributed by atoms with van der Waals surface area (Å²) in [7, 11) is -4.67. The van der Waals surface area contributed by atoms with Gasteiger partial charge in [0.05, 0.1) is 19.5 Å².